The average Bonchev–Trinajstić information content (AvgIpc) is 3.35. The van der Waals surface area contributed by atoms with E-state index in [1.165, 1.54) is 9.80 Å². The van der Waals surface area contributed by atoms with Gasteiger partial charge in [-0.2, -0.15) is 0 Å². The Hall–Kier alpha value is -2.48. The molecule has 2 aliphatic heterocycles. The first kappa shape index (κ1) is 30.5. The maximum Gasteiger partial charge on any atom is 0.267 e. The lowest BCUT2D eigenvalue weighted by Crippen LogP contribution is -2.31. The molecule has 14 heteroatoms. The van der Waals surface area contributed by atoms with Gasteiger partial charge >= 0.3 is 0 Å². The smallest absolute Gasteiger partial charge is 0.267 e. The zero-order valence-corrected chi connectivity index (χ0v) is 25.6. The van der Waals surface area contributed by atoms with Crippen molar-refractivity contribution in [1.29, 1.82) is 0 Å². The molecule has 2 fully saturated rings. The quantitative estimate of drug-likeness (QED) is 0.236. The topological polar surface area (TPSA) is 98.8 Å². The van der Waals surface area contributed by atoms with Gasteiger partial charge in [-0.3, -0.25) is 29.0 Å². The molecule has 8 nitrogen and oxygen atoms in total. The molecule has 2 aromatic rings. The first-order valence-electron chi connectivity index (χ1n) is 12.1. The van der Waals surface area contributed by atoms with E-state index in [4.69, 9.17) is 47.6 Å². The van der Waals surface area contributed by atoms with Crippen LogP contribution in [0.2, 0.25) is 10.0 Å². The van der Waals surface area contributed by atoms with Crippen LogP contribution < -0.4 is 10.6 Å². The summed E-state index contributed by atoms with van der Waals surface area (Å²) < 4.78 is 0.626. The molecular weight excluding hydrogens is 631 g/mol. The fourth-order valence-corrected chi connectivity index (χ4v) is 6.94. The van der Waals surface area contributed by atoms with Gasteiger partial charge in [0.05, 0.1) is 31.2 Å². The number of anilines is 2. The van der Waals surface area contributed by atoms with Crippen LogP contribution >= 0.6 is 71.2 Å². The molecule has 2 N–H and O–H groups in total. The Labute approximate surface area is 260 Å². The normalized spacial score (nSPS) is 17.1. The summed E-state index contributed by atoms with van der Waals surface area (Å²) in [5.74, 6) is -1.25. The lowest BCUT2D eigenvalue weighted by atomic mass is 10.2. The van der Waals surface area contributed by atoms with Crippen molar-refractivity contribution < 1.29 is 19.2 Å². The molecule has 208 valence electrons. The highest BCUT2D eigenvalue weighted by Gasteiger charge is 2.41. The number of thiocarbonyl (C=S) groups is 2. The summed E-state index contributed by atoms with van der Waals surface area (Å²) in [6, 6.07) is 13.8. The van der Waals surface area contributed by atoms with Gasteiger partial charge in [0.2, 0.25) is 11.8 Å². The second-order valence-electron chi connectivity index (χ2n) is 8.57. The van der Waals surface area contributed by atoms with Crippen molar-refractivity contribution in [3.8, 4) is 0 Å². The maximum atomic E-state index is 13.1. The van der Waals surface area contributed by atoms with E-state index in [2.05, 4.69) is 10.6 Å². The molecule has 2 aromatic carbocycles. The zero-order valence-electron chi connectivity index (χ0n) is 20.8. The van der Waals surface area contributed by atoms with Gasteiger partial charge in [-0.05, 0) is 37.1 Å². The Balaban J connectivity index is 1.28. The summed E-state index contributed by atoms with van der Waals surface area (Å²) in [4.78, 5) is 54.1. The largest absolute Gasteiger partial charge is 0.325 e. The van der Waals surface area contributed by atoms with Gasteiger partial charge in [-0.25, -0.2) is 0 Å². The molecule has 0 radical (unpaired) electrons. The first-order chi connectivity index (χ1) is 19.2. The molecule has 40 heavy (non-hydrogen) atoms. The van der Waals surface area contributed by atoms with Crippen LogP contribution in [0.25, 0.3) is 0 Å². The number of benzene rings is 2. The molecule has 0 unspecified atom stereocenters. The van der Waals surface area contributed by atoms with Gasteiger partial charge < -0.3 is 10.6 Å². The van der Waals surface area contributed by atoms with Gasteiger partial charge in [0.15, 0.2) is 0 Å². The van der Waals surface area contributed by atoms with E-state index in [0.29, 0.717) is 42.9 Å². The third-order valence-electron chi connectivity index (χ3n) is 5.77. The fourth-order valence-electron chi connectivity index (χ4n) is 3.80. The number of hydrogen-bond donors (Lipinski definition) is 2. The van der Waals surface area contributed by atoms with Gasteiger partial charge in [0.25, 0.3) is 11.8 Å². The van der Waals surface area contributed by atoms with Gasteiger partial charge in [0, 0.05) is 25.9 Å². The van der Waals surface area contributed by atoms with Crippen molar-refractivity contribution in [2.24, 2.45) is 0 Å². The van der Waals surface area contributed by atoms with E-state index in [1.807, 2.05) is 0 Å². The minimum absolute atomic E-state index is 0.157. The third kappa shape index (κ3) is 7.42. The SMILES string of the molecule is O=C(CCCN1C(=O)C(=C2SC(=S)N(CCCC(=O)Nc3ccccc3Cl)C2=O)SC1=S)Nc1ccccc1Cl. The number of amides is 4. The summed E-state index contributed by atoms with van der Waals surface area (Å²) in [6.45, 7) is 0.454. The number of nitrogens with zero attached hydrogens (tertiary/aromatic N) is 2. The van der Waals surface area contributed by atoms with Crippen LogP contribution in [0.4, 0.5) is 11.4 Å². The van der Waals surface area contributed by atoms with Gasteiger partial charge in [0.1, 0.15) is 8.64 Å². The number of halogens is 2. The number of hydrogen-bond acceptors (Lipinski definition) is 8. The summed E-state index contributed by atoms with van der Waals surface area (Å²) in [6.07, 6.45) is 1.05. The summed E-state index contributed by atoms with van der Waals surface area (Å²) in [5.41, 5.74) is 1.03. The number of thioether (sulfide) groups is 2. The minimum Gasteiger partial charge on any atom is -0.325 e. The predicted molar refractivity (Wildman–Crippen MR) is 169 cm³/mol. The lowest BCUT2D eigenvalue weighted by Gasteiger charge is -2.15. The molecular formula is C26H22Cl2N4O4S4. The van der Waals surface area contributed by atoms with Crippen molar-refractivity contribution in [3.05, 3.63) is 68.4 Å². The Bertz CT molecular complexity index is 1330. The molecule has 2 saturated heterocycles. The number of carbonyl (C=O) groups excluding carboxylic acids is 4. The van der Waals surface area contributed by atoms with Crippen LogP contribution in [-0.4, -0.2) is 55.2 Å². The Morgan fingerprint density at radius 2 is 1.07 bits per heavy atom. The standard InChI is InChI=1S/C26H22Cl2N4O4S4/c27-15-7-1-3-9-17(15)29-19(33)11-5-13-31-23(35)21(39-25(31)37)22-24(36)32(26(38)40-22)14-6-12-20(34)30-18-10-4-2-8-16(18)28/h1-4,7-10H,5-6,11-14H2,(H,29,33)(H,30,34). The van der Waals surface area contributed by atoms with Crippen LogP contribution in [0.1, 0.15) is 25.7 Å². The summed E-state index contributed by atoms with van der Waals surface area (Å²) >= 11 is 25.0. The highest BCUT2D eigenvalue weighted by molar-refractivity contribution is 8.29. The molecule has 0 atom stereocenters. The second kappa shape index (κ2) is 13.9. The Kier molecular flexibility index (Phi) is 10.6. The third-order valence-corrected chi connectivity index (χ3v) is 9.46. The maximum absolute atomic E-state index is 13.1. The average molecular weight is 654 g/mol. The molecule has 0 aliphatic carbocycles. The zero-order chi connectivity index (χ0) is 28.8. The van der Waals surface area contributed by atoms with E-state index in [0.717, 1.165) is 23.5 Å². The number of carbonyl (C=O) groups is 4. The first-order valence-corrected chi connectivity index (χ1v) is 15.3. The van der Waals surface area contributed by atoms with Crippen molar-refractivity contribution in [2.75, 3.05) is 23.7 Å². The minimum atomic E-state index is -0.388. The van der Waals surface area contributed by atoms with E-state index in [1.54, 1.807) is 48.5 Å². The van der Waals surface area contributed by atoms with E-state index in [9.17, 15) is 19.2 Å². The van der Waals surface area contributed by atoms with Gasteiger partial charge in [-0.1, -0.05) is 95.4 Å². The molecule has 4 amide bonds. The van der Waals surface area contributed by atoms with E-state index < -0.39 is 0 Å². The molecule has 2 aliphatic rings. The predicted octanol–water partition coefficient (Wildman–Crippen LogP) is 6.06. The Morgan fingerprint density at radius 1 is 0.700 bits per heavy atom. The van der Waals surface area contributed by atoms with Crippen LogP contribution in [0, 0.1) is 0 Å². The molecule has 0 spiro atoms. The molecule has 2 heterocycles. The van der Waals surface area contributed by atoms with E-state index >= 15 is 0 Å². The van der Waals surface area contributed by atoms with Crippen LogP contribution in [0.5, 0.6) is 0 Å². The van der Waals surface area contributed by atoms with Crippen molar-refractivity contribution >= 4 is 115 Å². The number of rotatable bonds is 10. The van der Waals surface area contributed by atoms with Crippen molar-refractivity contribution in [1.82, 2.24) is 9.80 Å². The van der Waals surface area contributed by atoms with Crippen molar-refractivity contribution in [2.45, 2.75) is 25.7 Å². The summed E-state index contributed by atoms with van der Waals surface area (Å²) in [7, 11) is 0. The highest BCUT2D eigenvalue weighted by atomic mass is 35.5. The number of nitrogens with one attached hydrogen (secondary N) is 2. The number of para-hydroxylation sites is 2. The molecule has 4 rings (SSSR count). The molecule has 0 bridgehead atoms. The molecule has 0 saturated carbocycles. The van der Waals surface area contributed by atoms with Gasteiger partial charge in [-0.15, -0.1) is 0 Å². The lowest BCUT2D eigenvalue weighted by molar-refractivity contribution is -0.124. The van der Waals surface area contributed by atoms with Crippen LogP contribution in [0.3, 0.4) is 0 Å². The summed E-state index contributed by atoms with van der Waals surface area (Å²) in [5, 5.41) is 6.36. The fraction of sp³-hybridized carbons (Fsp3) is 0.231. The highest BCUT2D eigenvalue weighted by Crippen LogP contribution is 2.42. The van der Waals surface area contributed by atoms with E-state index in [-0.39, 0.29) is 59.4 Å². The Morgan fingerprint density at radius 3 is 1.45 bits per heavy atom. The van der Waals surface area contributed by atoms with Crippen LogP contribution in [0.15, 0.2) is 58.3 Å². The van der Waals surface area contributed by atoms with Crippen molar-refractivity contribution in [3.63, 3.8) is 0 Å². The monoisotopic (exact) mass is 652 g/mol. The van der Waals surface area contributed by atoms with Crippen LogP contribution in [-0.2, 0) is 19.2 Å². The molecule has 0 aromatic heterocycles. The second-order valence-corrected chi connectivity index (χ2v) is 12.7.